The van der Waals surface area contributed by atoms with Crippen LogP contribution < -0.4 is 5.32 Å². The monoisotopic (exact) mass is 305 g/mol. The molecule has 1 atom stereocenters. The number of rotatable bonds is 8. The van der Waals surface area contributed by atoms with E-state index in [-0.39, 0.29) is 11.3 Å². The summed E-state index contributed by atoms with van der Waals surface area (Å²) in [6.07, 6.45) is 2.74. The van der Waals surface area contributed by atoms with E-state index >= 15 is 0 Å². The molecule has 0 saturated heterocycles. The van der Waals surface area contributed by atoms with Crippen molar-refractivity contribution in [3.63, 3.8) is 0 Å². The van der Waals surface area contributed by atoms with Crippen molar-refractivity contribution in [3.05, 3.63) is 35.4 Å². The van der Waals surface area contributed by atoms with Crippen LogP contribution in [0.15, 0.2) is 18.2 Å². The Balaban J connectivity index is 2.83. The van der Waals surface area contributed by atoms with Gasteiger partial charge < -0.3 is 5.32 Å². The van der Waals surface area contributed by atoms with Crippen molar-refractivity contribution >= 4 is 9.84 Å². The standard InChI is InChI=1S/C14H21F2NO2S/c1-3-9-17-13(8-5-10-20(2,18)19)14-11(15)6-4-7-12(14)16/h4,6-7,13,17H,3,5,8-10H2,1-2H3. The number of hydrogen-bond acceptors (Lipinski definition) is 3. The molecule has 0 aliphatic rings. The van der Waals surface area contributed by atoms with Crippen LogP contribution in [-0.2, 0) is 9.84 Å². The van der Waals surface area contributed by atoms with Gasteiger partial charge in [0.05, 0.1) is 0 Å². The Kier molecular flexibility index (Phi) is 6.55. The Morgan fingerprint density at radius 3 is 2.35 bits per heavy atom. The summed E-state index contributed by atoms with van der Waals surface area (Å²) in [5, 5.41) is 3.08. The Morgan fingerprint density at radius 1 is 1.25 bits per heavy atom. The third-order valence-corrected chi connectivity index (χ3v) is 4.03. The van der Waals surface area contributed by atoms with Gasteiger partial charge in [0, 0.05) is 23.6 Å². The molecule has 0 fully saturated rings. The van der Waals surface area contributed by atoms with Gasteiger partial charge in [-0.3, -0.25) is 0 Å². The zero-order chi connectivity index (χ0) is 15.2. The number of nitrogens with one attached hydrogen (secondary N) is 1. The van der Waals surface area contributed by atoms with E-state index in [1.54, 1.807) is 0 Å². The van der Waals surface area contributed by atoms with E-state index in [2.05, 4.69) is 5.32 Å². The highest BCUT2D eigenvalue weighted by atomic mass is 32.2. The normalized spacial score (nSPS) is 13.4. The van der Waals surface area contributed by atoms with Crippen molar-refractivity contribution < 1.29 is 17.2 Å². The molecule has 1 unspecified atom stereocenters. The first-order chi connectivity index (χ1) is 9.35. The fraction of sp³-hybridized carbons (Fsp3) is 0.571. The molecule has 20 heavy (non-hydrogen) atoms. The van der Waals surface area contributed by atoms with Crippen molar-refractivity contribution in [1.29, 1.82) is 0 Å². The van der Waals surface area contributed by atoms with E-state index in [0.29, 0.717) is 19.4 Å². The Hall–Kier alpha value is -1.01. The lowest BCUT2D eigenvalue weighted by Gasteiger charge is -2.20. The number of benzene rings is 1. The van der Waals surface area contributed by atoms with Crippen molar-refractivity contribution in [2.75, 3.05) is 18.6 Å². The van der Waals surface area contributed by atoms with Gasteiger partial charge in [-0.1, -0.05) is 13.0 Å². The van der Waals surface area contributed by atoms with Gasteiger partial charge in [-0.15, -0.1) is 0 Å². The van der Waals surface area contributed by atoms with E-state index in [0.717, 1.165) is 12.7 Å². The van der Waals surface area contributed by atoms with Gasteiger partial charge >= 0.3 is 0 Å². The van der Waals surface area contributed by atoms with Crippen LogP contribution in [-0.4, -0.2) is 27.0 Å². The molecule has 0 radical (unpaired) electrons. The largest absolute Gasteiger partial charge is 0.310 e. The van der Waals surface area contributed by atoms with Gasteiger partial charge in [-0.05, 0) is 37.9 Å². The average Bonchev–Trinajstić information content (AvgIpc) is 2.33. The first kappa shape index (κ1) is 17.0. The van der Waals surface area contributed by atoms with Gasteiger partial charge in [0.1, 0.15) is 21.5 Å². The fourth-order valence-electron chi connectivity index (χ4n) is 2.06. The molecule has 0 aliphatic carbocycles. The SMILES string of the molecule is CCCNC(CCCS(C)(=O)=O)c1c(F)cccc1F. The fourth-order valence-corrected chi connectivity index (χ4v) is 2.75. The van der Waals surface area contributed by atoms with Crippen LogP contribution in [0, 0.1) is 11.6 Å². The predicted molar refractivity (Wildman–Crippen MR) is 76.3 cm³/mol. The Labute approximate surface area is 119 Å². The highest BCUT2D eigenvalue weighted by Gasteiger charge is 2.19. The molecule has 1 aromatic carbocycles. The Bertz CT molecular complexity index is 512. The lowest BCUT2D eigenvalue weighted by Crippen LogP contribution is -2.25. The first-order valence-corrected chi connectivity index (χ1v) is 8.76. The van der Waals surface area contributed by atoms with E-state index in [1.165, 1.54) is 18.2 Å². The zero-order valence-corrected chi connectivity index (χ0v) is 12.6. The van der Waals surface area contributed by atoms with Gasteiger partial charge in [0.2, 0.25) is 0 Å². The summed E-state index contributed by atoms with van der Waals surface area (Å²) in [6, 6.07) is 3.25. The summed E-state index contributed by atoms with van der Waals surface area (Å²) in [7, 11) is -3.06. The minimum absolute atomic E-state index is 0.00514. The van der Waals surface area contributed by atoms with Crippen molar-refractivity contribution in [2.24, 2.45) is 0 Å². The molecular formula is C14H21F2NO2S. The minimum Gasteiger partial charge on any atom is -0.310 e. The highest BCUT2D eigenvalue weighted by molar-refractivity contribution is 7.90. The summed E-state index contributed by atoms with van der Waals surface area (Å²) in [6.45, 7) is 2.58. The average molecular weight is 305 g/mol. The van der Waals surface area contributed by atoms with Crippen LogP contribution in [0.3, 0.4) is 0 Å². The number of halogens is 2. The second-order valence-corrected chi connectivity index (χ2v) is 7.17. The zero-order valence-electron chi connectivity index (χ0n) is 11.8. The summed E-state index contributed by atoms with van der Waals surface area (Å²) in [4.78, 5) is 0. The van der Waals surface area contributed by atoms with Crippen molar-refractivity contribution in [2.45, 2.75) is 32.2 Å². The maximum atomic E-state index is 13.8. The minimum atomic E-state index is -3.06. The molecule has 0 saturated carbocycles. The summed E-state index contributed by atoms with van der Waals surface area (Å²) >= 11 is 0. The molecule has 1 rings (SSSR count). The topological polar surface area (TPSA) is 46.2 Å². The van der Waals surface area contributed by atoms with Crippen LogP contribution >= 0.6 is 0 Å². The number of hydrogen-bond donors (Lipinski definition) is 1. The van der Waals surface area contributed by atoms with E-state index in [4.69, 9.17) is 0 Å². The molecule has 0 spiro atoms. The van der Waals surface area contributed by atoms with E-state index in [1.807, 2.05) is 6.92 Å². The summed E-state index contributed by atoms with van der Waals surface area (Å²) in [5.41, 5.74) is -0.00514. The van der Waals surface area contributed by atoms with Gasteiger partial charge in [0.25, 0.3) is 0 Å². The van der Waals surface area contributed by atoms with Gasteiger partial charge in [-0.25, -0.2) is 17.2 Å². The maximum absolute atomic E-state index is 13.8. The van der Waals surface area contributed by atoms with E-state index < -0.39 is 27.5 Å². The lowest BCUT2D eigenvalue weighted by molar-refractivity contribution is 0.443. The quantitative estimate of drug-likeness (QED) is 0.803. The van der Waals surface area contributed by atoms with Crippen molar-refractivity contribution in [3.8, 4) is 0 Å². The van der Waals surface area contributed by atoms with Crippen LogP contribution in [0.5, 0.6) is 0 Å². The third kappa shape index (κ3) is 5.54. The van der Waals surface area contributed by atoms with Crippen LogP contribution in [0.4, 0.5) is 8.78 Å². The van der Waals surface area contributed by atoms with E-state index in [9.17, 15) is 17.2 Å². The highest BCUT2D eigenvalue weighted by Crippen LogP contribution is 2.24. The Morgan fingerprint density at radius 2 is 1.85 bits per heavy atom. The third-order valence-electron chi connectivity index (χ3n) is 3.00. The lowest BCUT2D eigenvalue weighted by atomic mass is 10.0. The van der Waals surface area contributed by atoms with Crippen LogP contribution in [0.25, 0.3) is 0 Å². The molecule has 0 bridgehead atoms. The molecule has 0 heterocycles. The number of sulfone groups is 1. The first-order valence-electron chi connectivity index (χ1n) is 6.70. The van der Waals surface area contributed by atoms with Gasteiger partial charge in [0.15, 0.2) is 0 Å². The predicted octanol–water partition coefficient (Wildman–Crippen LogP) is 2.83. The molecule has 3 nitrogen and oxygen atoms in total. The molecule has 114 valence electrons. The molecule has 1 N–H and O–H groups in total. The molecule has 0 aromatic heterocycles. The summed E-state index contributed by atoms with van der Waals surface area (Å²) in [5.74, 6) is -1.18. The molecular weight excluding hydrogens is 284 g/mol. The second-order valence-electron chi connectivity index (χ2n) is 4.91. The summed E-state index contributed by atoms with van der Waals surface area (Å²) < 4.78 is 49.8. The van der Waals surface area contributed by atoms with Gasteiger partial charge in [-0.2, -0.15) is 0 Å². The van der Waals surface area contributed by atoms with Crippen LogP contribution in [0.2, 0.25) is 0 Å². The van der Waals surface area contributed by atoms with Crippen molar-refractivity contribution in [1.82, 2.24) is 5.32 Å². The molecule has 0 aliphatic heterocycles. The smallest absolute Gasteiger partial charge is 0.147 e. The maximum Gasteiger partial charge on any atom is 0.147 e. The second kappa shape index (κ2) is 7.69. The molecule has 0 amide bonds. The van der Waals surface area contributed by atoms with Crippen LogP contribution in [0.1, 0.15) is 37.8 Å². The molecule has 1 aromatic rings. The molecule has 6 heteroatoms.